The highest BCUT2D eigenvalue weighted by molar-refractivity contribution is 5.96. The maximum Gasteiger partial charge on any atom is 0.303 e. The maximum absolute atomic E-state index is 13.1. The maximum atomic E-state index is 13.1. The van der Waals surface area contributed by atoms with E-state index in [0.29, 0.717) is 24.6 Å². The van der Waals surface area contributed by atoms with Crippen molar-refractivity contribution in [2.24, 2.45) is 5.92 Å². The Morgan fingerprint density at radius 2 is 1.82 bits per heavy atom. The minimum atomic E-state index is -0.767. The zero-order chi connectivity index (χ0) is 23.9. The number of ether oxygens (including phenoxy) is 1. The van der Waals surface area contributed by atoms with Crippen molar-refractivity contribution < 1.29 is 19.4 Å². The molecule has 2 aliphatic rings. The highest BCUT2D eigenvalue weighted by Gasteiger charge is 2.25. The van der Waals surface area contributed by atoms with Gasteiger partial charge in [-0.25, -0.2) is 0 Å². The Balaban J connectivity index is 1.53. The van der Waals surface area contributed by atoms with Crippen LogP contribution in [-0.4, -0.2) is 41.1 Å². The third-order valence-electron chi connectivity index (χ3n) is 6.83. The fraction of sp³-hybridized carbons (Fsp3) is 0.519. The minimum absolute atomic E-state index is 0.0965. The van der Waals surface area contributed by atoms with Crippen molar-refractivity contribution in [1.82, 2.24) is 10.3 Å². The molecule has 2 fully saturated rings. The van der Waals surface area contributed by atoms with Crippen LogP contribution in [-0.2, 0) is 11.4 Å². The Bertz CT molecular complexity index is 986. The van der Waals surface area contributed by atoms with Crippen molar-refractivity contribution in [1.29, 1.82) is 0 Å². The van der Waals surface area contributed by atoms with E-state index >= 15 is 0 Å². The van der Waals surface area contributed by atoms with Gasteiger partial charge in [-0.1, -0.05) is 49.1 Å². The largest absolute Gasteiger partial charge is 0.481 e. The number of nitrogens with zero attached hydrogens (tertiary/aromatic N) is 2. The van der Waals surface area contributed by atoms with Gasteiger partial charge < -0.3 is 20.1 Å². The van der Waals surface area contributed by atoms with Crippen LogP contribution in [0.5, 0.6) is 5.88 Å². The summed E-state index contributed by atoms with van der Waals surface area (Å²) < 4.78 is 6.10. The van der Waals surface area contributed by atoms with E-state index in [4.69, 9.17) is 9.72 Å². The molecule has 0 bridgehead atoms. The SMILES string of the molecule is Cc1ccc(COc2nc(N3CCC[C@@H](CC(=O)O)C3)ccc2C(=O)NC2CCCCC2)cc1. The predicted octanol–water partition coefficient (Wildman–Crippen LogP) is 4.72. The number of piperidine rings is 1. The van der Waals surface area contributed by atoms with Crippen LogP contribution in [0.2, 0.25) is 0 Å². The zero-order valence-electron chi connectivity index (χ0n) is 20.0. The summed E-state index contributed by atoms with van der Waals surface area (Å²) in [5, 5.41) is 12.4. The Labute approximate surface area is 201 Å². The molecule has 1 saturated heterocycles. The molecular weight excluding hydrogens is 430 g/mol. The topological polar surface area (TPSA) is 91.8 Å². The van der Waals surface area contributed by atoms with E-state index in [1.807, 2.05) is 37.3 Å². The van der Waals surface area contributed by atoms with Crippen LogP contribution in [0.3, 0.4) is 0 Å². The molecule has 2 heterocycles. The molecular formula is C27H35N3O4. The first-order valence-corrected chi connectivity index (χ1v) is 12.4. The number of aryl methyl sites for hydroxylation is 1. The lowest BCUT2D eigenvalue weighted by atomic mass is 9.95. The number of anilines is 1. The number of aliphatic carboxylic acids is 1. The van der Waals surface area contributed by atoms with Crippen LogP contribution >= 0.6 is 0 Å². The molecule has 1 saturated carbocycles. The molecule has 182 valence electrons. The normalized spacial score (nSPS) is 19.0. The first kappa shape index (κ1) is 24.0. The van der Waals surface area contributed by atoms with Crippen molar-refractivity contribution in [3.05, 3.63) is 53.1 Å². The van der Waals surface area contributed by atoms with Gasteiger partial charge in [-0.15, -0.1) is 0 Å². The smallest absolute Gasteiger partial charge is 0.303 e. The van der Waals surface area contributed by atoms with Crippen LogP contribution in [0.1, 0.15) is 72.9 Å². The Hall–Kier alpha value is -3.09. The van der Waals surface area contributed by atoms with Gasteiger partial charge in [-0.05, 0) is 56.2 Å². The average molecular weight is 466 g/mol. The summed E-state index contributed by atoms with van der Waals surface area (Å²) in [6.45, 7) is 3.82. The van der Waals surface area contributed by atoms with Crippen molar-refractivity contribution in [2.75, 3.05) is 18.0 Å². The number of pyridine rings is 1. The van der Waals surface area contributed by atoms with Gasteiger partial charge in [0.15, 0.2) is 0 Å². The quantitative estimate of drug-likeness (QED) is 0.586. The zero-order valence-corrected chi connectivity index (χ0v) is 20.0. The van der Waals surface area contributed by atoms with Crippen molar-refractivity contribution in [3.63, 3.8) is 0 Å². The number of hydrogen-bond donors (Lipinski definition) is 2. The molecule has 0 unspecified atom stereocenters. The number of aromatic nitrogens is 1. The number of carboxylic acid groups (broad SMARTS) is 1. The predicted molar refractivity (Wildman–Crippen MR) is 131 cm³/mol. The Morgan fingerprint density at radius 1 is 1.06 bits per heavy atom. The molecule has 1 aliphatic heterocycles. The summed E-state index contributed by atoms with van der Waals surface area (Å²) in [6, 6.07) is 12.0. The molecule has 4 rings (SSSR count). The van der Waals surface area contributed by atoms with Gasteiger partial charge in [0.25, 0.3) is 5.91 Å². The van der Waals surface area contributed by atoms with Gasteiger partial charge in [-0.3, -0.25) is 9.59 Å². The van der Waals surface area contributed by atoms with Crippen LogP contribution in [0, 0.1) is 12.8 Å². The van der Waals surface area contributed by atoms with Gasteiger partial charge in [-0.2, -0.15) is 4.98 Å². The number of carboxylic acids is 1. The van der Waals surface area contributed by atoms with Crippen LogP contribution in [0.25, 0.3) is 0 Å². The highest BCUT2D eigenvalue weighted by atomic mass is 16.5. The fourth-order valence-corrected chi connectivity index (χ4v) is 4.92. The van der Waals surface area contributed by atoms with E-state index < -0.39 is 5.97 Å². The van der Waals surface area contributed by atoms with E-state index in [1.54, 1.807) is 6.07 Å². The summed E-state index contributed by atoms with van der Waals surface area (Å²) >= 11 is 0. The number of carbonyl (C=O) groups is 2. The van der Waals surface area contributed by atoms with Crippen LogP contribution < -0.4 is 15.0 Å². The molecule has 1 aromatic heterocycles. The molecule has 1 aromatic carbocycles. The minimum Gasteiger partial charge on any atom is -0.481 e. The second-order valence-electron chi connectivity index (χ2n) is 9.66. The van der Waals surface area contributed by atoms with E-state index in [1.165, 1.54) is 12.0 Å². The van der Waals surface area contributed by atoms with Gasteiger partial charge in [0.05, 0.1) is 0 Å². The van der Waals surface area contributed by atoms with E-state index in [9.17, 15) is 14.7 Å². The first-order chi connectivity index (χ1) is 16.5. The molecule has 0 spiro atoms. The first-order valence-electron chi connectivity index (χ1n) is 12.4. The number of hydrogen-bond acceptors (Lipinski definition) is 5. The molecule has 2 aromatic rings. The van der Waals surface area contributed by atoms with Crippen LogP contribution in [0.15, 0.2) is 36.4 Å². The van der Waals surface area contributed by atoms with Crippen molar-refractivity contribution in [3.8, 4) is 5.88 Å². The molecule has 7 nitrogen and oxygen atoms in total. The van der Waals surface area contributed by atoms with Crippen molar-refractivity contribution >= 4 is 17.7 Å². The van der Waals surface area contributed by atoms with Crippen molar-refractivity contribution in [2.45, 2.75) is 70.9 Å². The molecule has 34 heavy (non-hydrogen) atoms. The molecule has 2 N–H and O–H groups in total. The number of benzene rings is 1. The molecule has 7 heteroatoms. The summed E-state index contributed by atoms with van der Waals surface area (Å²) in [6.07, 6.45) is 7.52. The molecule has 1 amide bonds. The lowest BCUT2D eigenvalue weighted by Crippen LogP contribution is -2.37. The second kappa shape index (κ2) is 11.4. The van der Waals surface area contributed by atoms with Crippen LogP contribution in [0.4, 0.5) is 5.82 Å². The average Bonchev–Trinajstić information content (AvgIpc) is 2.84. The summed E-state index contributed by atoms with van der Waals surface area (Å²) in [4.78, 5) is 31.2. The molecule has 0 radical (unpaired) electrons. The summed E-state index contributed by atoms with van der Waals surface area (Å²) in [5.41, 5.74) is 2.63. The van der Waals surface area contributed by atoms with Gasteiger partial charge in [0.1, 0.15) is 18.0 Å². The molecule has 1 atom stereocenters. The number of rotatable bonds is 8. The lowest BCUT2D eigenvalue weighted by Gasteiger charge is -2.33. The summed E-state index contributed by atoms with van der Waals surface area (Å²) in [5.74, 6) is 0.234. The molecule has 1 aliphatic carbocycles. The number of carbonyl (C=O) groups excluding carboxylic acids is 1. The Kier molecular flexibility index (Phi) is 8.03. The number of nitrogens with one attached hydrogen (secondary N) is 1. The number of amides is 1. The van der Waals surface area contributed by atoms with E-state index in [2.05, 4.69) is 10.2 Å². The Morgan fingerprint density at radius 3 is 2.56 bits per heavy atom. The van der Waals surface area contributed by atoms with Gasteiger partial charge >= 0.3 is 5.97 Å². The monoisotopic (exact) mass is 465 g/mol. The standard InChI is InChI=1S/C27H35N3O4/c1-19-9-11-20(12-10-19)18-34-27-23(26(33)28-22-7-3-2-4-8-22)13-14-24(29-27)30-15-5-6-21(17-30)16-25(31)32/h9-14,21-22H,2-8,15-18H2,1H3,(H,28,33)(H,31,32)/t21-/m0/s1. The lowest BCUT2D eigenvalue weighted by molar-refractivity contribution is -0.138. The highest BCUT2D eigenvalue weighted by Crippen LogP contribution is 2.28. The third-order valence-corrected chi connectivity index (χ3v) is 6.83. The fourth-order valence-electron chi connectivity index (χ4n) is 4.92. The van der Waals surface area contributed by atoms with Gasteiger partial charge in [0, 0.05) is 25.6 Å². The summed E-state index contributed by atoms with van der Waals surface area (Å²) in [7, 11) is 0. The second-order valence-corrected chi connectivity index (χ2v) is 9.66. The third kappa shape index (κ3) is 6.49. The van der Waals surface area contributed by atoms with Gasteiger partial charge in [0.2, 0.25) is 5.88 Å². The van der Waals surface area contributed by atoms with E-state index in [0.717, 1.165) is 56.5 Å². The van der Waals surface area contributed by atoms with E-state index in [-0.39, 0.29) is 24.3 Å².